The first-order valence-corrected chi connectivity index (χ1v) is 5.68. The highest BCUT2D eigenvalue weighted by Crippen LogP contribution is 2.19. The lowest BCUT2D eigenvalue weighted by Gasteiger charge is -2.06. The number of aromatic nitrogens is 1. The van der Waals surface area contributed by atoms with Crippen LogP contribution < -0.4 is 10.1 Å². The number of rotatable bonds is 6. The fourth-order valence-electron chi connectivity index (χ4n) is 1.36. The Balaban J connectivity index is 1.92. The van der Waals surface area contributed by atoms with E-state index in [0.29, 0.717) is 30.7 Å². The highest BCUT2D eigenvalue weighted by atomic mass is 16.5. The number of ether oxygens (including phenoxy) is 2. The Morgan fingerprint density at radius 1 is 1.53 bits per heavy atom. The van der Waals surface area contributed by atoms with Crippen LogP contribution in [0.1, 0.15) is 23.2 Å². The number of hydrogen-bond donors (Lipinski definition) is 1. The summed E-state index contributed by atoms with van der Waals surface area (Å²) in [6.07, 6.45) is 3.73. The average Bonchev–Trinajstić information content (AvgIpc) is 3.14. The van der Waals surface area contributed by atoms with Crippen LogP contribution in [0, 0.1) is 0 Å². The van der Waals surface area contributed by atoms with E-state index >= 15 is 0 Å². The summed E-state index contributed by atoms with van der Waals surface area (Å²) in [5.74, 6) is 0.386. The maximum Gasteiger partial charge on any atom is 0.251 e. The summed E-state index contributed by atoms with van der Waals surface area (Å²) in [7, 11) is 1.61. The molecule has 1 aromatic heterocycles. The third kappa shape index (κ3) is 3.71. The highest BCUT2D eigenvalue weighted by molar-refractivity contribution is 5.94. The van der Waals surface area contributed by atoms with Crippen molar-refractivity contribution in [2.75, 3.05) is 20.3 Å². The van der Waals surface area contributed by atoms with Crippen LogP contribution in [0.5, 0.6) is 5.88 Å². The van der Waals surface area contributed by atoms with Crippen molar-refractivity contribution < 1.29 is 14.3 Å². The van der Waals surface area contributed by atoms with Crippen molar-refractivity contribution in [3.63, 3.8) is 0 Å². The molecule has 1 saturated carbocycles. The van der Waals surface area contributed by atoms with Gasteiger partial charge in [0.15, 0.2) is 0 Å². The Bertz CT molecular complexity index is 391. The van der Waals surface area contributed by atoms with Gasteiger partial charge in [0.25, 0.3) is 5.91 Å². The van der Waals surface area contributed by atoms with E-state index in [-0.39, 0.29) is 5.91 Å². The number of nitrogens with zero attached hydrogens (tertiary/aromatic N) is 1. The molecular formula is C12H16N2O3. The number of pyridine rings is 1. The van der Waals surface area contributed by atoms with E-state index in [4.69, 9.17) is 9.47 Å². The third-order valence-corrected chi connectivity index (χ3v) is 2.45. The van der Waals surface area contributed by atoms with Gasteiger partial charge in [-0.05, 0) is 18.9 Å². The van der Waals surface area contributed by atoms with E-state index in [2.05, 4.69) is 10.3 Å². The number of amides is 1. The molecule has 0 saturated heterocycles. The molecule has 0 aromatic carbocycles. The quantitative estimate of drug-likeness (QED) is 0.748. The first kappa shape index (κ1) is 11.9. The molecule has 0 radical (unpaired) electrons. The van der Waals surface area contributed by atoms with Gasteiger partial charge in [-0.3, -0.25) is 4.79 Å². The normalized spacial score (nSPS) is 14.4. The van der Waals surface area contributed by atoms with Gasteiger partial charge < -0.3 is 14.8 Å². The Hall–Kier alpha value is -1.62. The van der Waals surface area contributed by atoms with Gasteiger partial charge >= 0.3 is 0 Å². The molecule has 0 bridgehead atoms. The SMILES string of the molecule is COCCOc1cc(C(=O)NC2CC2)ccn1. The lowest BCUT2D eigenvalue weighted by molar-refractivity contribution is 0.0950. The molecule has 17 heavy (non-hydrogen) atoms. The highest BCUT2D eigenvalue weighted by Gasteiger charge is 2.23. The molecule has 1 fully saturated rings. The summed E-state index contributed by atoms with van der Waals surface area (Å²) < 4.78 is 10.2. The van der Waals surface area contributed by atoms with Crippen LogP contribution in [0.4, 0.5) is 0 Å². The molecule has 0 unspecified atom stereocenters. The van der Waals surface area contributed by atoms with E-state index in [1.807, 2.05) is 0 Å². The van der Waals surface area contributed by atoms with Crippen molar-refractivity contribution in [1.82, 2.24) is 10.3 Å². The van der Waals surface area contributed by atoms with Gasteiger partial charge in [-0.2, -0.15) is 0 Å². The fourth-order valence-corrected chi connectivity index (χ4v) is 1.36. The van der Waals surface area contributed by atoms with Crippen LogP contribution in [0.3, 0.4) is 0 Å². The van der Waals surface area contributed by atoms with E-state index in [1.165, 1.54) is 0 Å². The van der Waals surface area contributed by atoms with Crippen LogP contribution in [0.25, 0.3) is 0 Å². The fraction of sp³-hybridized carbons (Fsp3) is 0.500. The third-order valence-electron chi connectivity index (χ3n) is 2.45. The first-order valence-electron chi connectivity index (χ1n) is 5.68. The Labute approximate surface area is 100 Å². The molecule has 0 aliphatic heterocycles. The Kier molecular flexibility index (Phi) is 3.93. The summed E-state index contributed by atoms with van der Waals surface area (Å²) in [5.41, 5.74) is 0.583. The van der Waals surface area contributed by atoms with Crippen LogP contribution in [-0.4, -0.2) is 37.3 Å². The summed E-state index contributed by atoms with van der Waals surface area (Å²) in [4.78, 5) is 15.8. The summed E-state index contributed by atoms with van der Waals surface area (Å²) >= 11 is 0. The predicted molar refractivity (Wildman–Crippen MR) is 62.1 cm³/mol. The second-order valence-electron chi connectivity index (χ2n) is 3.97. The smallest absolute Gasteiger partial charge is 0.251 e. The Morgan fingerprint density at radius 2 is 2.35 bits per heavy atom. The van der Waals surface area contributed by atoms with Crippen molar-refractivity contribution in [2.24, 2.45) is 0 Å². The lowest BCUT2D eigenvalue weighted by atomic mass is 10.2. The minimum absolute atomic E-state index is 0.0634. The van der Waals surface area contributed by atoms with Crippen LogP contribution in [0.2, 0.25) is 0 Å². The van der Waals surface area contributed by atoms with Gasteiger partial charge in [0.2, 0.25) is 5.88 Å². The molecule has 1 aliphatic carbocycles. The molecule has 0 spiro atoms. The minimum atomic E-state index is -0.0634. The van der Waals surface area contributed by atoms with Gasteiger partial charge in [-0.1, -0.05) is 0 Å². The molecule has 2 rings (SSSR count). The van der Waals surface area contributed by atoms with Gasteiger partial charge in [0.1, 0.15) is 6.61 Å². The Morgan fingerprint density at radius 3 is 3.06 bits per heavy atom. The van der Waals surface area contributed by atoms with Gasteiger partial charge in [-0.25, -0.2) is 4.98 Å². The van der Waals surface area contributed by atoms with Crippen molar-refractivity contribution in [3.05, 3.63) is 23.9 Å². The second kappa shape index (κ2) is 5.63. The van der Waals surface area contributed by atoms with E-state index in [9.17, 15) is 4.79 Å². The second-order valence-corrected chi connectivity index (χ2v) is 3.97. The molecule has 1 heterocycles. The zero-order valence-electron chi connectivity index (χ0n) is 9.81. The summed E-state index contributed by atoms with van der Waals surface area (Å²) in [6, 6.07) is 3.68. The topological polar surface area (TPSA) is 60.5 Å². The summed E-state index contributed by atoms with van der Waals surface area (Å²) in [5, 5.41) is 2.92. The minimum Gasteiger partial charge on any atom is -0.475 e. The molecule has 1 N–H and O–H groups in total. The molecule has 1 aromatic rings. The standard InChI is InChI=1S/C12H16N2O3/c1-16-6-7-17-11-8-9(4-5-13-11)12(15)14-10-2-3-10/h4-5,8,10H,2-3,6-7H2,1H3,(H,14,15). The maximum atomic E-state index is 11.8. The molecule has 0 atom stereocenters. The number of hydrogen-bond acceptors (Lipinski definition) is 4. The van der Waals surface area contributed by atoms with Crippen molar-refractivity contribution in [1.29, 1.82) is 0 Å². The van der Waals surface area contributed by atoms with Crippen LogP contribution in [-0.2, 0) is 4.74 Å². The molecule has 92 valence electrons. The average molecular weight is 236 g/mol. The predicted octanol–water partition coefficient (Wildman–Crippen LogP) is 0.999. The number of methoxy groups -OCH3 is 1. The van der Waals surface area contributed by atoms with Crippen molar-refractivity contribution in [3.8, 4) is 5.88 Å². The van der Waals surface area contributed by atoms with E-state index in [1.54, 1.807) is 25.4 Å². The zero-order chi connectivity index (χ0) is 12.1. The molecule has 1 amide bonds. The monoisotopic (exact) mass is 236 g/mol. The van der Waals surface area contributed by atoms with Crippen LogP contribution in [0.15, 0.2) is 18.3 Å². The summed E-state index contributed by atoms with van der Waals surface area (Å²) in [6.45, 7) is 0.928. The zero-order valence-corrected chi connectivity index (χ0v) is 9.81. The largest absolute Gasteiger partial charge is 0.475 e. The number of nitrogens with one attached hydrogen (secondary N) is 1. The molecule has 5 nitrogen and oxygen atoms in total. The number of carbonyl (C=O) groups excluding carboxylic acids is 1. The van der Waals surface area contributed by atoms with E-state index < -0.39 is 0 Å². The first-order chi connectivity index (χ1) is 8.29. The maximum absolute atomic E-state index is 11.8. The van der Waals surface area contributed by atoms with Crippen molar-refractivity contribution >= 4 is 5.91 Å². The number of carbonyl (C=O) groups is 1. The van der Waals surface area contributed by atoms with Crippen LogP contribution >= 0.6 is 0 Å². The molecule has 1 aliphatic rings. The van der Waals surface area contributed by atoms with Gasteiger partial charge in [-0.15, -0.1) is 0 Å². The van der Waals surface area contributed by atoms with E-state index in [0.717, 1.165) is 12.8 Å². The lowest BCUT2D eigenvalue weighted by Crippen LogP contribution is -2.25. The van der Waals surface area contributed by atoms with Gasteiger partial charge in [0, 0.05) is 31.0 Å². The molecule has 5 heteroatoms. The van der Waals surface area contributed by atoms with Gasteiger partial charge in [0.05, 0.1) is 6.61 Å². The van der Waals surface area contributed by atoms with Crippen molar-refractivity contribution in [2.45, 2.75) is 18.9 Å². The molecular weight excluding hydrogens is 220 g/mol.